The van der Waals surface area contributed by atoms with Crippen molar-refractivity contribution in [1.82, 2.24) is 5.32 Å². The van der Waals surface area contributed by atoms with Crippen molar-refractivity contribution in [3.05, 3.63) is 0 Å². The van der Waals surface area contributed by atoms with E-state index in [9.17, 15) is 4.79 Å². The predicted molar refractivity (Wildman–Crippen MR) is 64.8 cm³/mol. The Balaban J connectivity index is 3.69. The molecule has 1 amide bonds. The number of rotatable bonds is 7. The van der Waals surface area contributed by atoms with Crippen molar-refractivity contribution in [1.29, 1.82) is 0 Å². The van der Waals surface area contributed by atoms with Gasteiger partial charge in [-0.2, -0.15) is 0 Å². The van der Waals surface area contributed by atoms with Gasteiger partial charge in [0.25, 0.3) is 0 Å². The molecule has 14 heavy (non-hydrogen) atoms. The average Bonchev–Trinajstić information content (AvgIpc) is 2.03. The van der Waals surface area contributed by atoms with Crippen molar-refractivity contribution < 1.29 is 4.79 Å². The fraction of sp³-hybridized carbons (Fsp3) is 0.909. The van der Waals surface area contributed by atoms with E-state index < -0.39 is 0 Å². The van der Waals surface area contributed by atoms with Crippen LogP contribution in [0.15, 0.2) is 0 Å². The van der Waals surface area contributed by atoms with Gasteiger partial charge in [0, 0.05) is 17.3 Å². The summed E-state index contributed by atoms with van der Waals surface area (Å²) in [6.07, 6.45) is 4.84. The van der Waals surface area contributed by atoms with Gasteiger partial charge in [0.2, 0.25) is 5.91 Å². The van der Waals surface area contributed by atoms with E-state index in [0.29, 0.717) is 6.42 Å². The Labute approximate surface area is 96.0 Å². The minimum Gasteiger partial charge on any atom is -0.351 e. The minimum atomic E-state index is -0.0414. The smallest absolute Gasteiger partial charge is 0.220 e. The number of carbonyl (C=O) groups is 1. The number of carbonyl (C=O) groups excluding carboxylic acids is 1. The van der Waals surface area contributed by atoms with Crippen LogP contribution in [0, 0.1) is 0 Å². The molecule has 0 aromatic heterocycles. The highest BCUT2D eigenvalue weighted by Gasteiger charge is 2.18. The maximum Gasteiger partial charge on any atom is 0.220 e. The molecule has 0 saturated heterocycles. The van der Waals surface area contributed by atoms with E-state index in [2.05, 4.69) is 42.0 Å². The van der Waals surface area contributed by atoms with Crippen molar-refractivity contribution in [3.8, 4) is 0 Å². The topological polar surface area (TPSA) is 29.1 Å². The Morgan fingerprint density at radius 1 is 1.36 bits per heavy atom. The van der Waals surface area contributed by atoms with E-state index in [1.54, 1.807) is 0 Å². The molecule has 1 N–H and O–H groups in total. The standard InChI is InChI=1S/C11H22BrNO/c1-4-8-11(2,3)13-10(14)7-5-6-9-12/h4-9H2,1-3H3,(H,13,14). The fourth-order valence-corrected chi connectivity index (χ4v) is 1.90. The maximum atomic E-state index is 11.5. The first-order valence-corrected chi connectivity index (χ1v) is 6.51. The van der Waals surface area contributed by atoms with Crippen molar-refractivity contribution in [2.24, 2.45) is 0 Å². The van der Waals surface area contributed by atoms with Crippen LogP contribution in [-0.4, -0.2) is 16.8 Å². The van der Waals surface area contributed by atoms with Gasteiger partial charge < -0.3 is 5.32 Å². The quantitative estimate of drug-likeness (QED) is 0.555. The van der Waals surface area contributed by atoms with Crippen molar-refractivity contribution in [2.45, 2.75) is 58.4 Å². The zero-order valence-electron chi connectivity index (χ0n) is 9.53. The zero-order chi connectivity index (χ0) is 11.0. The molecule has 3 heteroatoms. The number of amides is 1. The van der Waals surface area contributed by atoms with E-state index in [4.69, 9.17) is 0 Å². The number of halogens is 1. The van der Waals surface area contributed by atoms with Gasteiger partial charge in [-0.1, -0.05) is 29.3 Å². The van der Waals surface area contributed by atoms with Gasteiger partial charge in [0.05, 0.1) is 0 Å². The summed E-state index contributed by atoms with van der Waals surface area (Å²) in [5, 5.41) is 4.05. The van der Waals surface area contributed by atoms with Crippen LogP contribution < -0.4 is 5.32 Å². The van der Waals surface area contributed by atoms with Crippen LogP contribution in [0.2, 0.25) is 0 Å². The first kappa shape index (κ1) is 13.9. The van der Waals surface area contributed by atoms with Gasteiger partial charge in [-0.05, 0) is 33.1 Å². The molecule has 84 valence electrons. The van der Waals surface area contributed by atoms with Gasteiger partial charge in [-0.15, -0.1) is 0 Å². The summed E-state index contributed by atoms with van der Waals surface area (Å²) in [5.74, 6) is 0.185. The third kappa shape index (κ3) is 7.36. The number of nitrogens with one attached hydrogen (secondary N) is 1. The SMILES string of the molecule is CCCC(C)(C)NC(=O)CCCCBr. The molecule has 0 spiro atoms. The molecule has 0 fully saturated rings. The molecule has 0 aliphatic rings. The summed E-state index contributed by atoms with van der Waals surface area (Å²) < 4.78 is 0. The molecule has 0 radical (unpaired) electrons. The van der Waals surface area contributed by atoms with Gasteiger partial charge >= 0.3 is 0 Å². The summed E-state index contributed by atoms with van der Waals surface area (Å²) in [7, 11) is 0. The molecule has 0 rings (SSSR count). The number of unbranched alkanes of at least 4 members (excludes halogenated alkanes) is 1. The first-order valence-electron chi connectivity index (χ1n) is 5.39. The third-order valence-corrected chi connectivity index (χ3v) is 2.70. The second-order valence-corrected chi connectivity index (χ2v) is 5.12. The summed E-state index contributed by atoms with van der Waals surface area (Å²) in [6, 6.07) is 0. The van der Waals surface area contributed by atoms with E-state index in [1.165, 1.54) is 0 Å². The van der Waals surface area contributed by atoms with Gasteiger partial charge in [-0.3, -0.25) is 4.79 Å². The van der Waals surface area contributed by atoms with Gasteiger partial charge in [0.1, 0.15) is 0 Å². The maximum absolute atomic E-state index is 11.5. The predicted octanol–water partition coefficient (Wildman–Crippen LogP) is 3.25. The molecule has 0 atom stereocenters. The van der Waals surface area contributed by atoms with Crippen LogP contribution in [0.1, 0.15) is 52.9 Å². The molecule has 0 saturated carbocycles. The highest BCUT2D eigenvalue weighted by atomic mass is 79.9. The number of alkyl halides is 1. The Morgan fingerprint density at radius 2 is 2.00 bits per heavy atom. The van der Waals surface area contributed by atoms with Crippen LogP contribution >= 0.6 is 15.9 Å². The van der Waals surface area contributed by atoms with Crippen molar-refractivity contribution in [3.63, 3.8) is 0 Å². The largest absolute Gasteiger partial charge is 0.351 e. The van der Waals surface area contributed by atoms with Crippen LogP contribution in [0.5, 0.6) is 0 Å². The molecule has 0 heterocycles. The van der Waals surface area contributed by atoms with E-state index >= 15 is 0 Å². The Bertz CT molecular complexity index is 169. The highest BCUT2D eigenvalue weighted by Crippen LogP contribution is 2.11. The summed E-state index contributed by atoms with van der Waals surface area (Å²) >= 11 is 3.35. The average molecular weight is 264 g/mol. The van der Waals surface area contributed by atoms with Crippen LogP contribution in [0.4, 0.5) is 0 Å². The van der Waals surface area contributed by atoms with Crippen LogP contribution in [-0.2, 0) is 4.79 Å². The molecule has 0 unspecified atom stereocenters. The minimum absolute atomic E-state index is 0.0414. The molecule has 0 aliphatic carbocycles. The molecule has 0 aliphatic heterocycles. The molecular formula is C11H22BrNO. The fourth-order valence-electron chi connectivity index (χ4n) is 1.51. The van der Waals surface area contributed by atoms with E-state index in [1.807, 2.05) is 0 Å². The van der Waals surface area contributed by atoms with Crippen molar-refractivity contribution >= 4 is 21.8 Å². The lowest BCUT2D eigenvalue weighted by Gasteiger charge is -2.25. The Morgan fingerprint density at radius 3 is 2.50 bits per heavy atom. The molecule has 0 aromatic carbocycles. The van der Waals surface area contributed by atoms with E-state index in [-0.39, 0.29) is 11.4 Å². The molecular weight excluding hydrogens is 242 g/mol. The van der Waals surface area contributed by atoms with Crippen LogP contribution in [0.3, 0.4) is 0 Å². The van der Waals surface area contributed by atoms with E-state index in [0.717, 1.165) is 31.0 Å². The zero-order valence-corrected chi connectivity index (χ0v) is 11.1. The number of hydrogen-bond acceptors (Lipinski definition) is 1. The molecule has 2 nitrogen and oxygen atoms in total. The van der Waals surface area contributed by atoms with Crippen molar-refractivity contribution in [2.75, 3.05) is 5.33 Å². The lowest BCUT2D eigenvalue weighted by Crippen LogP contribution is -2.43. The van der Waals surface area contributed by atoms with Gasteiger partial charge in [-0.25, -0.2) is 0 Å². The monoisotopic (exact) mass is 263 g/mol. The molecule has 0 aromatic rings. The summed E-state index contributed by atoms with van der Waals surface area (Å²) in [5.41, 5.74) is -0.0414. The Hall–Kier alpha value is -0.0500. The second-order valence-electron chi connectivity index (χ2n) is 4.33. The third-order valence-electron chi connectivity index (χ3n) is 2.14. The number of hydrogen-bond donors (Lipinski definition) is 1. The molecule has 0 bridgehead atoms. The normalized spacial score (nSPS) is 11.4. The second kappa shape index (κ2) is 7.27. The lowest BCUT2D eigenvalue weighted by atomic mass is 9.98. The summed E-state index contributed by atoms with van der Waals surface area (Å²) in [6.45, 7) is 6.30. The summed E-state index contributed by atoms with van der Waals surface area (Å²) in [4.78, 5) is 11.5. The Kier molecular flexibility index (Phi) is 7.24. The highest BCUT2D eigenvalue weighted by molar-refractivity contribution is 9.09. The lowest BCUT2D eigenvalue weighted by molar-refractivity contribution is -0.122. The van der Waals surface area contributed by atoms with Gasteiger partial charge in [0.15, 0.2) is 0 Å². The van der Waals surface area contributed by atoms with Crippen LogP contribution in [0.25, 0.3) is 0 Å². The first-order chi connectivity index (χ1) is 6.52.